The molecule has 2 rings (SSSR count). The van der Waals surface area contributed by atoms with E-state index in [-0.39, 0.29) is 11.3 Å². The SMILES string of the molecule is COC1(C(F)(F)F)CC(C(=O)Nc2cc(C)c(F)cc2O)C1. The summed E-state index contributed by atoms with van der Waals surface area (Å²) in [5.74, 6) is -2.68. The number of nitrogens with one attached hydrogen (secondary N) is 1. The number of carbonyl (C=O) groups is 1. The van der Waals surface area contributed by atoms with Gasteiger partial charge >= 0.3 is 6.18 Å². The van der Waals surface area contributed by atoms with Gasteiger partial charge in [-0.3, -0.25) is 4.79 Å². The smallest absolute Gasteiger partial charge is 0.417 e. The quantitative estimate of drug-likeness (QED) is 0.664. The molecule has 1 fully saturated rings. The summed E-state index contributed by atoms with van der Waals surface area (Å²) < 4.78 is 56.2. The van der Waals surface area contributed by atoms with E-state index in [2.05, 4.69) is 10.1 Å². The van der Waals surface area contributed by atoms with Crippen molar-refractivity contribution in [1.82, 2.24) is 0 Å². The zero-order valence-corrected chi connectivity index (χ0v) is 11.9. The first-order valence-electron chi connectivity index (χ1n) is 6.51. The molecule has 0 saturated heterocycles. The third-order valence-electron chi connectivity index (χ3n) is 3.97. The number of anilines is 1. The van der Waals surface area contributed by atoms with Gasteiger partial charge in [-0.25, -0.2) is 4.39 Å². The average Bonchev–Trinajstić information content (AvgIpc) is 2.33. The number of methoxy groups -OCH3 is 1. The zero-order chi connectivity index (χ0) is 16.7. The van der Waals surface area contributed by atoms with E-state index in [0.717, 1.165) is 13.2 Å². The Labute approximate surface area is 124 Å². The molecule has 1 saturated carbocycles. The second-order valence-corrected chi connectivity index (χ2v) is 5.41. The van der Waals surface area contributed by atoms with Crippen molar-refractivity contribution in [3.8, 4) is 5.75 Å². The fourth-order valence-electron chi connectivity index (χ4n) is 2.44. The van der Waals surface area contributed by atoms with Gasteiger partial charge in [-0.15, -0.1) is 0 Å². The standard InChI is InChI=1S/C14H15F4NO3/c1-7-3-10(11(20)4-9(7)15)19-12(21)8-5-13(6-8,22-2)14(16,17)18/h3-4,8,20H,5-6H2,1-2H3,(H,19,21). The van der Waals surface area contributed by atoms with Crippen LogP contribution in [0.2, 0.25) is 0 Å². The van der Waals surface area contributed by atoms with Crippen LogP contribution in [0.5, 0.6) is 5.75 Å². The summed E-state index contributed by atoms with van der Waals surface area (Å²) in [6, 6.07) is 2.05. The van der Waals surface area contributed by atoms with E-state index in [1.807, 2.05) is 0 Å². The summed E-state index contributed by atoms with van der Waals surface area (Å²) in [4.78, 5) is 11.9. The van der Waals surface area contributed by atoms with E-state index in [0.29, 0.717) is 0 Å². The Morgan fingerprint density at radius 3 is 2.50 bits per heavy atom. The van der Waals surface area contributed by atoms with Crippen LogP contribution < -0.4 is 5.32 Å². The van der Waals surface area contributed by atoms with Gasteiger partial charge in [0.05, 0.1) is 5.69 Å². The maximum absolute atomic E-state index is 13.2. The predicted molar refractivity (Wildman–Crippen MR) is 70.0 cm³/mol. The molecule has 0 radical (unpaired) electrons. The number of alkyl halides is 3. The number of aromatic hydroxyl groups is 1. The topological polar surface area (TPSA) is 58.6 Å². The molecule has 1 aliphatic rings. The molecule has 0 aliphatic heterocycles. The molecule has 0 unspecified atom stereocenters. The molecule has 1 aromatic carbocycles. The van der Waals surface area contributed by atoms with E-state index in [1.54, 1.807) is 0 Å². The zero-order valence-electron chi connectivity index (χ0n) is 11.9. The van der Waals surface area contributed by atoms with E-state index >= 15 is 0 Å². The minimum atomic E-state index is -4.55. The lowest BCUT2D eigenvalue weighted by atomic mass is 9.69. The van der Waals surface area contributed by atoms with Crippen molar-refractivity contribution in [1.29, 1.82) is 0 Å². The fourth-order valence-corrected chi connectivity index (χ4v) is 2.44. The highest BCUT2D eigenvalue weighted by molar-refractivity contribution is 5.94. The summed E-state index contributed by atoms with van der Waals surface area (Å²) in [6.07, 6.45) is -5.52. The lowest BCUT2D eigenvalue weighted by Crippen LogP contribution is -2.59. The summed E-state index contributed by atoms with van der Waals surface area (Å²) in [5, 5.41) is 11.9. The van der Waals surface area contributed by atoms with Crippen molar-refractivity contribution in [3.63, 3.8) is 0 Å². The third kappa shape index (κ3) is 2.75. The Balaban J connectivity index is 2.06. The molecule has 0 spiro atoms. The Hall–Kier alpha value is -1.83. The second-order valence-electron chi connectivity index (χ2n) is 5.41. The largest absolute Gasteiger partial charge is 0.506 e. The highest BCUT2D eigenvalue weighted by atomic mass is 19.4. The molecule has 1 amide bonds. The Morgan fingerprint density at radius 1 is 1.41 bits per heavy atom. The van der Waals surface area contributed by atoms with Gasteiger partial charge < -0.3 is 15.2 Å². The van der Waals surface area contributed by atoms with Crippen molar-refractivity contribution in [2.45, 2.75) is 31.5 Å². The molecule has 122 valence electrons. The normalized spacial score (nSPS) is 24.7. The van der Waals surface area contributed by atoms with Gasteiger partial charge in [-0.2, -0.15) is 13.2 Å². The number of phenolic OH excluding ortho intramolecular Hbond substituents is 1. The number of hydrogen-bond donors (Lipinski definition) is 2. The van der Waals surface area contributed by atoms with Gasteiger partial charge in [0.15, 0.2) is 5.60 Å². The Kier molecular flexibility index (Phi) is 4.08. The molecule has 2 N–H and O–H groups in total. The minimum absolute atomic E-state index is 0.0363. The van der Waals surface area contributed by atoms with Crippen LogP contribution in [0.1, 0.15) is 18.4 Å². The molecular weight excluding hydrogens is 306 g/mol. The predicted octanol–water partition coefficient (Wildman–Crippen LogP) is 3.14. The monoisotopic (exact) mass is 321 g/mol. The van der Waals surface area contributed by atoms with Gasteiger partial charge in [0, 0.05) is 19.1 Å². The third-order valence-corrected chi connectivity index (χ3v) is 3.97. The first-order chi connectivity index (χ1) is 10.1. The number of halogens is 4. The van der Waals surface area contributed by atoms with Crippen LogP contribution in [-0.4, -0.2) is 29.9 Å². The molecule has 0 aromatic heterocycles. The van der Waals surface area contributed by atoms with Crippen molar-refractivity contribution in [2.75, 3.05) is 12.4 Å². The second kappa shape index (κ2) is 5.42. The number of amides is 1. The lowest BCUT2D eigenvalue weighted by Gasteiger charge is -2.46. The molecule has 0 bridgehead atoms. The van der Waals surface area contributed by atoms with Gasteiger partial charge in [0.1, 0.15) is 11.6 Å². The van der Waals surface area contributed by atoms with Crippen molar-refractivity contribution >= 4 is 11.6 Å². The highest BCUT2D eigenvalue weighted by Crippen LogP contribution is 2.51. The Morgan fingerprint density at radius 2 is 2.00 bits per heavy atom. The van der Waals surface area contributed by atoms with Crippen LogP contribution >= 0.6 is 0 Å². The van der Waals surface area contributed by atoms with Crippen LogP contribution in [0.4, 0.5) is 23.2 Å². The van der Waals surface area contributed by atoms with Crippen LogP contribution in [-0.2, 0) is 9.53 Å². The molecule has 4 nitrogen and oxygen atoms in total. The summed E-state index contributed by atoms with van der Waals surface area (Å²) >= 11 is 0. The number of carbonyl (C=O) groups excluding carboxylic acids is 1. The van der Waals surface area contributed by atoms with Crippen molar-refractivity contribution in [3.05, 3.63) is 23.5 Å². The first-order valence-corrected chi connectivity index (χ1v) is 6.51. The van der Waals surface area contributed by atoms with E-state index in [4.69, 9.17) is 0 Å². The number of hydrogen-bond acceptors (Lipinski definition) is 3. The van der Waals surface area contributed by atoms with Crippen LogP contribution in [0, 0.1) is 18.7 Å². The maximum Gasteiger partial charge on any atom is 0.417 e. The van der Waals surface area contributed by atoms with E-state index < -0.39 is 48.0 Å². The van der Waals surface area contributed by atoms with Gasteiger partial charge in [0.25, 0.3) is 0 Å². The summed E-state index contributed by atoms with van der Waals surface area (Å²) in [7, 11) is 0.955. The first kappa shape index (κ1) is 16.5. The summed E-state index contributed by atoms with van der Waals surface area (Å²) in [6.45, 7) is 1.44. The number of benzene rings is 1. The maximum atomic E-state index is 13.2. The minimum Gasteiger partial charge on any atom is -0.506 e. The molecule has 8 heteroatoms. The molecule has 0 heterocycles. The molecular formula is C14H15F4NO3. The number of aryl methyl sites for hydroxylation is 1. The van der Waals surface area contributed by atoms with Gasteiger partial charge in [-0.05, 0) is 31.4 Å². The molecule has 0 atom stereocenters. The Bertz CT molecular complexity index is 594. The molecule has 22 heavy (non-hydrogen) atoms. The fraction of sp³-hybridized carbons (Fsp3) is 0.500. The van der Waals surface area contributed by atoms with Gasteiger partial charge in [-0.1, -0.05) is 0 Å². The van der Waals surface area contributed by atoms with Gasteiger partial charge in [0.2, 0.25) is 5.91 Å². The number of rotatable bonds is 3. The summed E-state index contributed by atoms with van der Waals surface area (Å²) in [5.41, 5.74) is -2.13. The molecule has 1 aliphatic carbocycles. The van der Waals surface area contributed by atoms with E-state index in [9.17, 15) is 27.5 Å². The van der Waals surface area contributed by atoms with Crippen LogP contribution in [0.25, 0.3) is 0 Å². The van der Waals surface area contributed by atoms with Crippen LogP contribution in [0.15, 0.2) is 12.1 Å². The lowest BCUT2D eigenvalue weighted by molar-refractivity contribution is -0.305. The number of ether oxygens (including phenoxy) is 1. The average molecular weight is 321 g/mol. The number of phenols is 1. The molecule has 1 aromatic rings. The van der Waals surface area contributed by atoms with E-state index in [1.165, 1.54) is 13.0 Å². The highest BCUT2D eigenvalue weighted by Gasteiger charge is 2.64. The van der Waals surface area contributed by atoms with Crippen molar-refractivity contribution < 1.29 is 32.2 Å². The van der Waals surface area contributed by atoms with Crippen LogP contribution in [0.3, 0.4) is 0 Å². The van der Waals surface area contributed by atoms with Crippen molar-refractivity contribution in [2.24, 2.45) is 5.92 Å².